The number of nitrogens with one attached hydrogen (secondary N) is 2. The lowest BCUT2D eigenvalue weighted by molar-refractivity contribution is -0.123. The summed E-state index contributed by atoms with van der Waals surface area (Å²) in [6.07, 6.45) is 0.169. The van der Waals surface area contributed by atoms with E-state index >= 15 is 0 Å². The zero-order chi connectivity index (χ0) is 12.0. The summed E-state index contributed by atoms with van der Waals surface area (Å²) in [5, 5.41) is 16.8. The van der Waals surface area contributed by atoms with Crippen molar-refractivity contribution < 1.29 is 9.90 Å². The van der Waals surface area contributed by atoms with Gasteiger partial charge in [0.25, 0.3) is 0 Å². The molecule has 3 N–H and O–H groups in total. The van der Waals surface area contributed by atoms with Crippen LogP contribution < -0.4 is 10.6 Å². The van der Waals surface area contributed by atoms with Crippen molar-refractivity contribution >= 4 is 17.2 Å². The molecule has 2 atom stereocenters. The van der Waals surface area contributed by atoms with E-state index in [2.05, 4.69) is 10.6 Å². The van der Waals surface area contributed by atoms with Gasteiger partial charge in [-0.25, -0.2) is 0 Å². The van der Waals surface area contributed by atoms with Gasteiger partial charge in [0.1, 0.15) is 0 Å². The standard InChI is InChI=1S/C11H18N2O2S/c1-8(14)7-13-11(15)10(12-2)6-9-4-3-5-16-9/h3-5,8,10,12,14H,6-7H2,1-2H3,(H,13,15)/t8-,10+/m0/s1. The van der Waals surface area contributed by atoms with Crippen LogP contribution in [0.5, 0.6) is 0 Å². The number of thiophene rings is 1. The average molecular weight is 242 g/mol. The molecule has 16 heavy (non-hydrogen) atoms. The van der Waals surface area contributed by atoms with Gasteiger partial charge in [-0.3, -0.25) is 4.79 Å². The van der Waals surface area contributed by atoms with E-state index in [1.54, 1.807) is 25.3 Å². The Kier molecular flexibility index (Phi) is 5.45. The molecule has 0 aliphatic carbocycles. The zero-order valence-corrected chi connectivity index (χ0v) is 10.4. The molecule has 0 saturated heterocycles. The van der Waals surface area contributed by atoms with Gasteiger partial charge in [0, 0.05) is 17.8 Å². The second-order valence-corrected chi connectivity index (χ2v) is 4.75. The van der Waals surface area contributed by atoms with Crippen molar-refractivity contribution in [3.8, 4) is 0 Å². The minimum atomic E-state index is -0.511. The Morgan fingerprint density at radius 3 is 2.88 bits per heavy atom. The van der Waals surface area contributed by atoms with E-state index in [4.69, 9.17) is 5.11 Å². The fraction of sp³-hybridized carbons (Fsp3) is 0.545. The molecule has 1 aromatic rings. The summed E-state index contributed by atoms with van der Waals surface area (Å²) >= 11 is 1.64. The van der Waals surface area contributed by atoms with Crippen LogP contribution in [0.4, 0.5) is 0 Å². The maximum atomic E-state index is 11.7. The third-order valence-corrected chi connectivity index (χ3v) is 3.12. The predicted molar refractivity (Wildman–Crippen MR) is 65.6 cm³/mol. The van der Waals surface area contributed by atoms with Crippen molar-refractivity contribution in [3.05, 3.63) is 22.4 Å². The SMILES string of the molecule is CN[C@H](Cc1cccs1)C(=O)NC[C@H](C)O. The minimum absolute atomic E-state index is 0.0724. The lowest BCUT2D eigenvalue weighted by Gasteiger charge is -2.15. The zero-order valence-electron chi connectivity index (χ0n) is 9.56. The van der Waals surface area contributed by atoms with Crippen LogP contribution in [-0.2, 0) is 11.2 Å². The molecule has 0 aliphatic heterocycles. The molecule has 0 unspecified atom stereocenters. The van der Waals surface area contributed by atoms with E-state index in [1.165, 1.54) is 4.88 Å². The molecule has 4 nitrogen and oxygen atoms in total. The van der Waals surface area contributed by atoms with Gasteiger partial charge in [-0.1, -0.05) is 6.07 Å². The molecule has 0 fully saturated rings. The first-order chi connectivity index (χ1) is 7.63. The molecule has 1 rings (SSSR count). The molecule has 0 spiro atoms. The smallest absolute Gasteiger partial charge is 0.237 e. The maximum absolute atomic E-state index is 11.7. The summed E-state index contributed by atoms with van der Waals surface area (Å²) in [4.78, 5) is 12.9. The first kappa shape index (κ1) is 13.2. The Labute approximate surface area is 99.7 Å². The van der Waals surface area contributed by atoms with Crippen LogP contribution in [0.25, 0.3) is 0 Å². The summed E-state index contributed by atoms with van der Waals surface area (Å²) in [7, 11) is 1.76. The van der Waals surface area contributed by atoms with Gasteiger partial charge in [0.15, 0.2) is 0 Å². The van der Waals surface area contributed by atoms with Crippen molar-refractivity contribution in [1.29, 1.82) is 0 Å². The van der Waals surface area contributed by atoms with Crippen LogP contribution >= 0.6 is 11.3 Å². The molecule has 90 valence electrons. The summed E-state index contributed by atoms with van der Waals surface area (Å²) in [6.45, 7) is 1.94. The Hall–Kier alpha value is -0.910. The van der Waals surface area contributed by atoms with Crippen molar-refractivity contribution in [1.82, 2.24) is 10.6 Å². The highest BCUT2D eigenvalue weighted by Crippen LogP contribution is 2.11. The number of likely N-dealkylation sites (N-methyl/N-ethyl adjacent to an activating group) is 1. The van der Waals surface area contributed by atoms with Gasteiger partial charge in [-0.2, -0.15) is 0 Å². The summed E-state index contributed by atoms with van der Waals surface area (Å²) in [5.74, 6) is -0.0724. The van der Waals surface area contributed by atoms with Gasteiger partial charge in [0.05, 0.1) is 12.1 Å². The number of hydrogen-bond donors (Lipinski definition) is 3. The van der Waals surface area contributed by atoms with Gasteiger partial charge in [-0.15, -0.1) is 11.3 Å². The lowest BCUT2D eigenvalue weighted by Crippen LogP contribution is -2.45. The number of carbonyl (C=O) groups excluding carboxylic acids is 1. The first-order valence-corrected chi connectivity index (χ1v) is 6.17. The number of aliphatic hydroxyl groups excluding tert-OH is 1. The second kappa shape index (κ2) is 6.62. The number of rotatable bonds is 6. The second-order valence-electron chi connectivity index (χ2n) is 3.72. The molecular weight excluding hydrogens is 224 g/mol. The van der Waals surface area contributed by atoms with E-state index in [1.807, 2.05) is 17.5 Å². The fourth-order valence-electron chi connectivity index (χ4n) is 1.33. The normalized spacial score (nSPS) is 14.4. The van der Waals surface area contributed by atoms with Crippen LogP contribution in [0.3, 0.4) is 0 Å². The highest BCUT2D eigenvalue weighted by molar-refractivity contribution is 7.09. The van der Waals surface area contributed by atoms with Crippen LogP contribution in [0, 0.1) is 0 Å². The topological polar surface area (TPSA) is 61.4 Å². The molecule has 1 heterocycles. The van der Waals surface area contributed by atoms with Crippen LogP contribution in [-0.4, -0.2) is 36.8 Å². The van der Waals surface area contributed by atoms with Gasteiger partial charge in [0.2, 0.25) is 5.91 Å². The summed E-state index contributed by atoms with van der Waals surface area (Å²) in [5.41, 5.74) is 0. The first-order valence-electron chi connectivity index (χ1n) is 5.29. The Morgan fingerprint density at radius 2 is 2.38 bits per heavy atom. The minimum Gasteiger partial charge on any atom is -0.392 e. The highest BCUT2D eigenvalue weighted by atomic mass is 32.1. The van der Waals surface area contributed by atoms with Crippen LogP contribution in [0.1, 0.15) is 11.8 Å². The van der Waals surface area contributed by atoms with Crippen molar-refractivity contribution in [2.75, 3.05) is 13.6 Å². The molecule has 0 aromatic carbocycles. The Bertz CT molecular complexity index is 312. The molecule has 0 saturated carbocycles. The van der Waals surface area contributed by atoms with Crippen molar-refractivity contribution in [3.63, 3.8) is 0 Å². The number of carbonyl (C=O) groups is 1. The molecule has 0 aliphatic rings. The maximum Gasteiger partial charge on any atom is 0.237 e. The van der Waals surface area contributed by atoms with Gasteiger partial charge >= 0.3 is 0 Å². The monoisotopic (exact) mass is 242 g/mol. The molecule has 5 heteroatoms. The number of hydrogen-bond acceptors (Lipinski definition) is 4. The van der Waals surface area contributed by atoms with E-state index < -0.39 is 6.10 Å². The molecule has 0 bridgehead atoms. The largest absolute Gasteiger partial charge is 0.392 e. The van der Waals surface area contributed by atoms with Gasteiger partial charge < -0.3 is 15.7 Å². The molecular formula is C11H18N2O2S. The van der Waals surface area contributed by atoms with E-state index in [0.29, 0.717) is 13.0 Å². The third kappa shape index (κ3) is 4.30. The third-order valence-electron chi connectivity index (χ3n) is 2.22. The average Bonchev–Trinajstić information content (AvgIpc) is 2.75. The van der Waals surface area contributed by atoms with Crippen LogP contribution in [0.15, 0.2) is 17.5 Å². The van der Waals surface area contributed by atoms with E-state index in [0.717, 1.165) is 0 Å². The van der Waals surface area contributed by atoms with Crippen molar-refractivity contribution in [2.45, 2.75) is 25.5 Å². The highest BCUT2D eigenvalue weighted by Gasteiger charge is 2.17. The van der Waals surface area contributed by atoms with Gasteiger partial charge in [-0.05, 0) is 25.4 Å². The van der Waals surface area contributed by atoms with E-state index in [-0.39, 0.29) is 11.9 Å². The molecule has 1 amide bonds. The fourth-order valence-corrected chi connectivity index (χ4v) is 2.08. The lowest BCUT2D eigenvalue weighted by atomic mass is 10.1. The van der Waals surface area contributed by atoms with Crippen molar-refractivity contribution in [2.24, 2.45) is 0 Å². The number of amides is 1. The molecule has 0 radical (unpaired) electrons. The predicted octanol–water partition coefficient (Wildman–Crippen LogP) is 0.376. The van der Waals surface area contributed by atoms with Crippen LogP contribution in [0.2, 0.25) is 0 Å². The summed E-state index contributed by atoms with van der Waals surface area (Å²) in [6, 6.07) is 3.74. The molecule has 1 aromatic heterocycles. The Balaban J connectivity index is 2.44. The summed E-state index contributed by atoms with van der Waals surface area (Å²) < 4.78 is 0. The Morgan fingerprint density at radius 1 is 1.62 bits per heavy atom. The quantitative estimate of drug-likeness (QED) is 0.675. The van der Waals surface area contributed by atoms with E-state index in [9.17, 15) is 4.79 Å². The number of aliphatic hydroxyl groups is 1.